The average molecular weight is 244 g/mol. The third-order valence-electron chi connectivity index (χ3n) is 3.41. The van der Waals surface area contributed by atoms with Crippen LogP contribution in [0.25, 0.3) is 0 Å². The van der Waals surface area contributed by atoms with Gasteiger partial charge in [0.05, 0.1) is 0 Å². The number of hydrogen-bond donors (Lipinski definition) is 0. The molecule has 0 fully saturated rings. The van der Waals surface area contributed by atoms with E-state index in [-0.39, 0.29) is 11.2 Å². The van der Waals surface area contributed by atoms with E-state index in [1.165, 1.54) is 0 Å². The highest BCUT2D eigenvalue weighted by Crippen LogP contribution is 2.31. The van der Waals surface area contributed by atoms with E-state index in [0.29, 0.717) is 12.3 Å². The van der Waals surface area contributed by atoms with Crippen molar-refractivity contribution in [3.05, 3.63) is 48.6 Å². The number of allylic oxidation sites excluding steroid dienone is 1. The third kappa shape index (κ3) is 4.48. The SMILES string of the molecule is C=CC(CCCC(=O)c1ccccc1)C(C)(C)C. The Labute approximate surface area is 111 Å². The van der Waals surface area contributed by atoms with Crippen molar-refractivity contribution in [3.63, 3.8) is 0 Å². The molecule has 0 aliphatic heterocycles. The van der Waals surface area contributed by atoms with Gasteiger partial charge in [-0.2, -0.15) is 0 Å². The lowest BCUT2D eigenvalue weighted by Gasteiger charge is -2.27. The zero-order valence-corrected chi connectivity index (χ0v) is 11.8. The first-order chi connectivity index (χ1) is 8.45. The second-order valence-corrected chi connectivity index (χ2v) is 5.89. The lowest BCUT2D eigenvalue weighted by atomic mass is 9.78. The fourth-order valence-corrected chi connectivity index (χ4v) is 2.16. The Morgan fingerprint density at radius 2 is 1.89 bits per heavy atom. The topological polar surface area (TPSA) is 17.1 Å². The van der Waals surface area contributed by atoms with Gasteiger partial charge in [0.1, 0.15) is 0 Å². The van der Waals surface area contributed by atoms with E-state index < -0.39 is 0 Å². The zero-order valence-electron chi connectivity index (χ0n) is 11.8. The summed E-state index contributed by atoms with van der Waals surface area (Å²) in [7, 11) is 0. The van der Waals surface area contributed by atoms with Gasteiger partial charge in [0, 0.05) is 12.0 Å². The predicted molar refractivity (Wildman–Crippen MR) is 77.8 cm³/mol. The smallest absolute Gasteiger partial charge is 0.162 e. The van der Waals surface area contributed by atoms with Crippen LogP contribution in [0.15, 0.2) is 43.0 Å². The Bertz CT molecular complexity index is 384. The largest absolute Gasteiger partial charge is 0.294 e. The molecule has 0 heterocycles. The highest BCUT2D eigenvalue weighted by molar-refractivity contribution is 5.95. The van der Waals surface area contributed by atoms with Crippen LogP contribution in [-0.2, 0) is 0 Å². The summed E-state index contributed by atoms with van der Waals surface area (Å²) in [6.45, 7) is 10.6. The van der Waals surface area contributed by atoms with Crippen molar-refractivity contribution in [1.29, 1.82) is 0 Å². The first kappa shape index (κ1) is 14.7. The number of hydrogen-bond acceptors (Lipinski definition) is 1. The van der Waals surface area contributed by atoms with Crippen molar-refractivity contribution in [2.75, 3.05) is 0 Å². The van der Waals surface area contributed by atoms with Crippen molar-refractivity contribution in [2.45, 2.75) is 40.0 Å². The summed E-state index contributed by atoms with van der Waals surface area (Å²) >= 11 is 0. The van der Waals surface area contributed by atoms with Gasteiger partial charge in [0.25, 0.3) is 0 Å². The molecule has 1 nitrogen and oxygen atoms in total. The van der Waals surface area contributed by atoms with Crippen LogP contribution in [0.5, 0.6) is 0 Å². The van der Waals surface area contributed by atoms with Crippen molar-refractivity contribution in [2.24, 2.45) is 11.3 Å². The summed E-state index contributed by atoms with van der Waals surface area (Å²) in [6, 6.07) is 9.53. The van der Waals surface area contributed by atoms with Gasteiger partial charge in [0.15, 0.2) is 5.78 Å². The number of Topliss-reactive ketones (excluding diaryl/α,β-unsaturated/α-hetero) is 1. The summed E-state index contributed by atoms with van der Waals surface area (Å²) < 4.78 is 0. The fourth-order valence-electron chi connectivity index (χ4n) is 2.16. The number of carbonyl (C=O) groups is 1. The van der Waals surface area contributed by atoms with Gasteiger partial charge < -0.3 is 0 Å². The molecule has 0 saturated heterocycles. The lowest BCUT2D eigenvalue weighted by molar-refractivity contribution is 0.0975. The molecule has 0 amide bonds. The van der Waals surface area contributed by atoms with E-state index in [2.05, 4.69) is 27.4 Å². The molecule has 0 aliphatic carbocycles. The molecule has 1 aromatic carbocycles. The van der Waals surface area contributed by atoms with E-state index in [1.54, 1.807) is 0 Å². The molecular weight excluding hydrogens is 220 g/mol. The van der Waals surface area contributed by atoms with Crippen molar-refractivity contribution < 1.29 is 4.79 Å². The predicted octanol–water partition coefficient (Wildman–Crippen LogP) is 4.89. The number of carbonyl (C=O) groups excluding carboxylic acids is 1. The van der Waals surface area contributed by atoms with E-state index in [9.17, 15) is 4.79 Å². The molecule has 0 bridgehead atoms. The highest BCUT2D eigenvalue weighted by Gasteiger charge is 2.21. The molecule has 18 heavy (non-hydrogen) atoms. The van der Waals surface area contributed by atoms with Gasteiger partial charge >= 0.3 is 0 Å². The van der Waals surface area contributed by atoms with Crippen molar-refractivity contribution >= 4 is 5.78 Å². The van der Waals surface area contributed by atoms with Gasteiger partial charge in [-0.3, -0.25) is 4.79 Å². The molecule has 0 aromatic heterocycles. The summed E-state index contributed by atoms with van der Waals surface area (Å²) in [5.74, 6) is 0.716. The van der Waals surface area contributed by atoms with Crippen LogP contribution in [0, 0.1) is 11.3 Å². The van der Waals surface area contributed by atoms with E-state index in [0.717, 1.165) is 18.4 Å². The van der Waals surface area contributed by atoms with Crippen LogP contribution < -0.4 is 0 Å². The molecule has 0 aliphatic rings. The minimum absolute atomic E-state index is 0.234. The third-order valence-corrected chi connectivity index (χ3v) is 3.41. The van der Waals surface area contributed by atoms with E-state index in [1.807, 2.05) is 36.4 Å². The Morgan fingerprint density at radius 3 is 2.39 bits per heavy atom. The van der Waals surface area contributed by atoms with Crippen molar-refractivity contribution in [1.82, 2.24) is 0 Å². The molecule has 1 rings (SSSR count). The summed E-state index contributed by atoms with van der Waals surface area (Å²) in [6.07, 6.45) is 4.62. The van der Waals surface area contributed by atoms with E-state index >= 15 is 0 Å². The van der Waals surface area contributed by atoms with Gasteiger partial charge in [-0.15, -0.1) is 6.58 Å². The van der Waals surface area contributed by atoms with Crippen LogP contribution in [0.1, 0.15) is 50.4 Å². The molecule has 1 aromatic rings. The maximum absolute atomic E-state index is 11.9. The molecule has 1 atom stereocenters. The average Bonchev–Trinajstić information content (AvgIpc) is 2.34. The van der Waals surface area contributed by atoms with Crippen LogP contribution in [-0.4, -0.2) is 5.78 Å². The zero-order chi connectivity index (χ0) is 13.6. The van der Waals surface area contributed by atoms with Gasteiger partial charge in [-0.25, -0.2) is 0 Å². The van der Waals surface area contributed by atoms with Crippen molar-refractivity contribution in [3.8, 4) is 0 Å². The van der Waals surface area contributed by atoms with Crippen LogP contribution in [0.2, 0.25) is 0 Å². The maximum Gasteiger partial charge on any atom is 0.162 e. The maximum atomic E-state index is 11.9. The van der Waals surface area contributed by atoms with Crippen LogP contribution >= 0.6 is 0 Å². The summed E-state index contributed by atoms with van der Waals surface area (Å²) in [4.78, 5) is 11.9. The van der Waals surface area contributed by atoms with Gasteiger partial charge in [-0.05, 0) is 24.2 Å². The molecule has 0 spiro atoms. The quantitative estimate of drug-likeness (QED) is 0.514. The number of ketones is 1. The summed E-state index contributed by atoms with van der Waals surface area (Å²) in [5, 5.41) is 0. The number of benzene rings is 1. The Morgan fingerprint density at radius 1 is 1.28 bits per heavy atom. The second kappa shape index (κ2) is 6.53. The first-order valence-corrected chi connectivity index (χ1v) is 6.66. The lowest BCUT2D eigenvalue weighted by Crippen LogP contribution is -2.18. The monoisotopic (exact) mass is 244 g/mol. The Balaban J connectivity index is 2.43. The normalized spacial score (nSPS) is 13.1. The minimum Gasteiger partial charge on any atom is -0.294 e. The highest BCUT2D eigenvalue weighted by atomic mass is 16.1. The minimum atomic E-state index is 0.234. The fraction of sp³-hybridized carbons (Fsp3) is 0.471. The van der Waals surface area contributed by atoms with Gasteiger partial charge in [-0.1, -0.05) is 57.2 Å². The Kier molecular flexibility index (Phi) is 5.33. The molecular formula is C17H24O. The Hall–Kier alpha value is -1.37. The van der Waals surface area contributed by atoms with Crippen LogP contribution in [0.3, 0.4) is 0 Å². The molecule has 98 valence electrons. The van der Waals surface area contributed by atoms with Gasteiger partial charge in [0.2, 0.25) is 0 Å². The molecule has 0 N–H and O–H groups in total. The standard InChI is InChI=1S/C17H24O/c1-5-15(17(2,3)4)12-9-13-16(18)14-10-7-6-8-11-14/h5-8,10-11,15H,1,9,12-13H2,2-4H3. The van der Waals surface area contributed by atoms with E-state index in [4.69, 9.17) is 0 Å². The molecule has 1 heteroatoms. The molecule has 1 unspecified atom stereocenters. The molecule has 0 radical (unpaired) electrons. The molecule has 0 saturated carbocycles. The second-order valence-electron chi connectivity index (χ2n) is 5.89. The summed E-state index contributed by atoms with van der Waals surface area (Å²) in [5.41, 5.74) is 1.06. The van der Waals surface area contributed by atoms with Crippen LogP contribution in [0.4, 0.5) is 0 Å². The first-order valence-electron chi connectivity index (χ1n) is 6.66. The number of rotatable bonds is 6.